The highest BCUT2D eigenvalue weighted by molar-refractivity contribution is 7.52. The summed E-state index contributed by atoms with van der Waals surface area (Å²) < 4.78 is 36.4. The molecular formula is C25H37N4O10P. The summed E-state index contributed by atoms with van der Waals surface area (Å²) in [5.74, 6) is -2.82. The molecule has 5 rings (SSSR count). The van der Waals surface area contributed by atoms with E-state index in [1.807, 2.05) is 6.92 Å². The topological polar surface area (TPSA) is 193 Å². The van der Waals surface area contributed by atoms with Crippen LogP contribution in [-0.4, -0.2) is 104 Å². The van der Waals surface area contributed by atoms with Gasteiger partial charge in [0.25, 0.3) is 0 Å². The van der Waals surface area contributed by atoms with E-state index in [0.717, 1.165) is 6.66 Å². The number of carbonyl (C=O) groups is 1. The Morgan fingerprint density at radius 2 is 2.05 bits per heavy atom. The van der Waals surface area contributed by atoms with Gasteiger partial charge in [-0.3, -0.25) is 4.79 Å². The number of nitrogens with zero attached hydrogens (tertiary/aromatic N) is 2. The van der Waals surface area contributed by atoms with Crippen molar-refractivity contribution < 1.29 is 48.3 Å². The summed E-state index contributed by atoms with van der Waals surface area (Å²) in [7, 11) is -2.09. The summed E-state index contributed by atoms with van der Waals surface area (Å²) in [4.78, 5) is 27.0. The molecule has 0 bridgehead atoms. The lowest BCUT2D eigenvalue weighted by atomic mass is 9.74. The fourth-order valence-electron chi connectivity index (χ4n) is 6.00. The molecule has 11 atom stereocenters. The third-order valence-electron chi connectivity index (χ3n) is 7.86. The van der Waals surface area contributed by atoms with E-state index in [2.05, 4.69) is 15.6 Å². The van der Waals surface area contributed by atoms with Gasteiger partial charge < -0.3 is 54.0 Å². The average Bonchev–Trinajstić information content (AvgIpc) is 3.25. The van der Waals surface area contributed by atoms with Crippen molar-refractivity contribution in [2.45, 2.75) is 87.8 Å². The van der Waals surface area contributed by atoms with E-state index in [9.17, 15) is 29.6 Å². The molecule has 4 heterocycles. The Balaban J connectivity index is 1.32. The van der Waals surface area contributed by atoms with E-state index >= 15 is 0 Å². The molecule has 1 unspecified atom stereocenters. The summed E-state index contributed by atoms with van der Waals surface area (Å²) in [5.41, 5.74) is 0.835. The van der Waals surface area contributed by atoms with Crippen molar-refractivity contribution in [2.75, 3.05) is 13.7 Å². The third kappa shape index (κ3) is 5.52. The van der Waals surface area contributed by atoms with Crippen molar-refractivity contribution in [3.63, 3.8) is 0 Å². The van der Waals surface area contributed by atoms with Gasteiger partial charge in [-0.25, -0.2) is 9.55 Å². The van der Waals surface area contributed by atoms with Gasteiger partial charge >= 0.3 is 7.60 Å². The molecule has 0 spiro atoms. The monoisotopic (exact) mass is 584 g/mol. The number of ether oxygens (including phenoxy) is 3. The maximum Gasteiger partial charge on any atom is 0.373 e. The van der Waals surface area contributed by atoms with Gasteiger partial charge in [-0.15, -0.1) is 0 Å². The van der Waals surface area contributed by atoms with E-state index < -0.39 is 74.1 Å². The average molecular weight is 585 g/mol. The number of pyridine rings is 1. The number of nitrogens with one attached hydrogen (secondary N) is 2. The number of amides is 1. The molecule has 2 saturated heterocycles. The minimum Gasteiger partial charge on any atom is -0.424 e. The van der Waals surface area contributed by atoms with Crippen LogP contribution in [0.3, 0.4) is 0 Å². The number of carbonyl (C=O) groups excluding carboxylic acids is 1. The van der Waals surface area contributed by atoms with E-state index in [0.29, 0.717) is 17.8 Å². The minimum absolute atomic E-state index is 0.127. The zero-order valence-corrected chi connectivity index (χ0v) is 23.6. The van der Waals surface area contributed by atoms with Gasteiger partial charge in [0, 0.05) is 31.0 Å². The molecule has 1 aliphatic carbocycles. The van der Waals surface area contributed by atoms with E-state index in [-0.39, 0.29) is 18.6 Å². The normalized spacial score (nSPS) is 39.1. The third-order valence-corrected chi connectivity index (χ3v) is 8.41. The Morgan fingerprint density at radius 3 is 2.73 bits per heavy atom. The predicted molar refractivity (Wildman–Crippen MR) is 139 cm³/mol. The summed E-state index contributed by atoms with van der Waals surface area (Å²) >= 11 is 0. The Hall–Kier alpha value is -2.13. The van der Waals surface area contributed by atoms with Crippen LogP contribution < -0.4 is 15.2 Å². The number of aliphatic hydroxyl groups excluding tert-OH is 2. The number of aromatic nitrogens is 2. The van der Waals surface area contributed by atoms with Crippen LogP contribution in [0.2, 0.25) is 0 Å². The van der Waals surface area contributed by atoms with Crippen molar-refractivity contribution in [3.05, 3.63) is 30.2 Å². The lowest BCUT2D eigenvalue weighted by molar-refractivity contribution is -0.450. The van der Waals surface area contributed by atoms with Crippen LogP contribution in [-0.2, 0) is 30.0 Å². The number of likely N-dealkylation sites (N-methyl/N-ethyl adjacent to an activating group) is 1. The van der Waals surface area contributed by atoms with Gasteiger partial charge in [0.2, 0.25) is 18.0 Å². The lowest BCUT2D eigenvalue weighted by Gasteiger charge is -2.58. The highest BCUT2D eigenvalue weighted by atomic mass is 31.2. The number of aliphatic hydroxyl groups is 3. The molecule has 2 aromatic rings. The second-order valence-corrected chi connectivity index (χ2v) is 12.7. The first-order chi connectivity index (χ1) is 18.8. The van der Waals surface area contributed by atoms with Crippen molar-refractivity contribution in [1.29, 1.82) is 0 Å². The number of hydrogen-bond acceptors (Lipinski definition) is 11. The molecule has 40 heavy (non-hydrogen) atoms. The van der Waals surface area contributed by atoms with Gasteiger partial charge in [0.05, 0.1) is 42.5 Å². The Morgan fingerprint density at radius 1 is 1.30 bits per heavy atom. The van der Waals surface area contributed by atoms with Crippen LogP contribution in [0.1, 0.15) is 32.4 Å². The van der Waals surface area contributed by atoms with E-state index in [4.69, 9.17) is 18.7 Å². The number of imidazole rings is 1. The Labute approximate surface area is 231 Å². The summed E-state index contributed by atoms with van der Waals surface area (Å²) in [6.45, 7) is 4.72. The molecule has 0 radical (unpaired) electrons. The van der Waals surface area contributed by atoms with Crippen molar-refractivity contribution in [1.82, 2.24) is 20.0 Å². The second-order valence-electron chi connectivity index (χ2n) is 10.9. The number of fused-ring (bicyclic) bond motifs is 3. The van der Waals surface area contributed by atoms with Gasteiger partial charge in [0.1, 0.15) is 23.6 Å². The van der Waals surface area contributed by atoms with Crippen LogP contribution in [0.15, 0.2) is 24.5 Å². The van der Waals surface area contributed by atoms with Gasteiger partial charge in [-0.1, -0.05) is 6.92 Å². The zero-order valence-electron chi connectivity index (χ0n) is 22.7. The zero-order chi connectivity index (χ0) is 29.0. The first-order valence-corrected chi connectivity index (χ1v) is 15.4. The van der Waals surface area contributed by atoms with Gasteiger partial charge in [-0.2, -0.15) is 0 Å². The number of rotatable bonds is 7. The van der Waals surface area contributed by atoms with Crippen LogP contribution in [0.5, 0.6) is 5.75 Å². The molecule has 14 nitrogen and oxygen atoms in total. The van der Waals surface area contributed by atoms with E-state index in [1.165, 1.54) is 12.1 Å². The predicted octanol–water partition coefficient (Wildman–Crippen LogP) is -0.487. The maximum absolute atomic E-state index is 13.1. The molecular weight excluding hydrogens is 547 g/mol. The molecule has 0 aromatic carbocycles. The highest BCUT2D eigenvalue weighted by Gasteiger charge is 2.63. The van der Waals surface area contributed by atoms with Crippen LogP contribution in [0.4, 0.5) is 0 Å². The molecule has 2 aromatic heterocycles. The first-order valence-electron chi connectivity index (χ1n) is 13.3. The lowest BCUT2D eigenvalue weighted by Crippen LogP contribution is -2.77. The molecule has 222 valence electrons. The maximum atomic E-state index is 13.1. The van der Waals surface area contributed by atoms with Crippen molar-refractivity contribution >= 4 is 19.2 Å². The van der Waals surface area contributed by atoms with Crippen molar-refractivity contribution in [2.24, 2.45) is 5.92 Å². The SMILES string of the molecule is CC[C@@H]1[C@H](O)[C@H](NC)[C@H]2O[C@]3(O)[C@H](O[C@@H]2[C@H]1O)O[C@H](C)C[C@H]3NC(=O)Cc1cn2ccc(OP(C)(=O)O)cc2n1. The Bertz CT molecular complexity index is 1290. The standard InChI is InChI=1S/C25H37N4O10P/c1-5-15-20(31)19(26-3)22-23(21(15)32)37-24-25(33,38-22)16(8-12(2)36-24)28-18(30)9-13-11-29-7-6-14(10-17(29)27-13)39-40(4,34)35/h6-7,10-12,15-16,19-24,26,31-33H,5,8-9H2,1-4H3,(H,28,30)(H,34,35)/t12-,15-,16-,19+,20+,21+,22-,23-,24+,25+/m1/s1. The van der Waals surface area contributed by atoms with Crippen LogP contribution in [0.25, 0.3) is 5.65 Å². The smallest absolute Gasteiger partial charge is 0.373 e. The summed E-state index contributed by atoms with van der Waals surface area (Å²) in [6.07, 6.45) is -1.61. The first kappa shape index (κ1) is 29.4. The fourth-order valence-corrected chi connectivity index (χ4v) is 6.51. The van der Waals surface area contributed by atoms with Crippen molar-refractivity contribution in [3.8, 4) is 5.75 Å². The molecule has 15 heteroatoms. The molecule has 6 N–H and O–H groups in total. The molecule has 3 aliphatic rings. The summed E-state index contributed by atoms with van der Waals surface area (Å²) in [6, 6.07) is 1.43. The largest absolute Gasteiger partial charge is 0.424 e. The van der Waals surface area contributed by atoms with E-state index in [1.54, 1.807) is 30.8 Å². The number of hydrogen-bond donors (Lipinski definition) is 6. The molecule has 1 amide bonds. The van der Waals surface area contributed by atoms with Gasteiger partial charge in [0.15, 0.2) is 0 Å². The molecule has 2 aliphatic heterocycles. The Kier molecular flexibility index (Phi) is 8.03. The van der Waals surface area contributed by atoms with Crippen LogP contribution >= 0.6 is 7.60 Å². The fraction of sp³-hybridized carbons (Fsp3) is 0.680. The highest BCUT2D eigenvalue weighted by Crippen LogP contribution is 2.43. The second kappa shape index (κ2) is 10.9. The molecule has 3 fully saturated rings. The summed E-state index contributed by atoms with van der Waals surface area (Å²) in [5, 5.41) is 39.4. The quantitative estimate of drug-likeness (QED) is 0.229. The van der Waals surface area contributed by atoms with Gasteiger partial charge in [-0.05, 0) is 32.9 Å². The van der Waals surface area contributed by atoms with Crippen LogP contribution in [0, 0.1) is 5.92 Å². The molecule has 1 saturated carbocycles. The minimum atomic E-state index is -3.74.